The second-order valence-corrected chi connectivity index (χ2v) is 6.38. The van der Waals surface area contributed by atoms with Gasteiger partial charge in [0.25, 0.3) is 5.91 Å². The maximum Gasteiger partial charge on any atom is 0.259 e. The Morgan fingerprint density at radius 2 is 2.12 bits per heavy atom. The van der Waals surface area contributed by atoms with Gasteiger partial charge in [-0.1, -0.05) is 42.4 Å². The first-order valence-electron chi connectivity index (χ1n) is 8.60. The van der Waals surface area contributed by atoms with Crippen LogP contribution >= 0.6 is 0 Å². The highest BCUT2D eigenvalue weighted by Crippen LogP contribution is 2.26. The lowest BCUT2D eigenvalue weighted by atomic mass is 9.92. The normalized spacial score (nSPS) is 21.0. The molecule has 1 aromatic heterocycles. The largest absolute Gasteiger partial charge is 0.391 e. The molecule has 1 amide bonds. The molecule has 0 saturated carbocycles. The Morgan fingerprint density at radius 1 is 1.38 bits per heavy atom. The van der Waals surface area contributed by atoms with Gasteiger partial charge in [-0.2, -0.15) is 0 Å². The van der Waals surface area contributed by atoms with Crippen LogP contribution in [0.1, 0.15) is 47.1 Å². The number of nitrogens with zero attached hydrogens (tertiary/aromatic N) is 2. The Hall–Kier alpha value is -2.14. The maximum atomic E-state index is 13.1. The second-order valence-electron chi connectivity index (χ2n) is 6.38. The van der Waals surface area contributed by atoms with Gasteiger partial charge >= 0.3 is 0 Å². The molecular weight excluding hydrogens is 304 g/mol. The summed E-state index contributed by atoms with van der Waals surface area (Å²) in [7, 11) is 0. The van der Waals surface area contributed by atoms with Crippen LogP contribution in [0, 0.1) is 6.92 Å². The summed E-state index contributed by atoms with van der Waals surface area (Å²) in [6.07, 6.45) is 2.33. The standard InChI is InChI=1S/C19H24N2O3/c1-3-15-18(13(2)24-20-15)19(23)21-11-7-10-17(22)16(21)12-14-8-5-4-6-9-14/h4-6,8-9,16-17,22H,3,7,10-12H2,1-2H3/t16-,17-/m0/s1. The van der Waals surface area contributed by atoms with Crippen LogP contribution in [0.3, 0.4) is 0 Å². The highest BCUT2D eigenvalue weighted by molar-refractivity contribution is 5.96. The number of amides is 1. The lowest BCUT2D eigenvalue weighted by Gasteiger charge is -2.39. The van der Waals surface area contributed by atoms with E-state index >= 15 is 0 Å². The van der Waals surface area contributed by atoms with E-state index in [0.717, 1.165) is 18.4 Å². The molecule has 5 nitrogen and oxygen atoms in total. The third-order valence-electron chi connectivity index (χ3n) is 4.77. The van der Waals surface area contributed by atoms with Crippen molar-refractivity contribution in [3.63, 3.8) is 0 Å². The van der Waals surface area contributed by atoms with Crippen molar-refractivity contribution >= 4 is 5.91 Å². The van der Waals surface area contributed by atoms with Crippen LogP contribution in [0.15, 0.2) is 34.9 Å². The SMILES string of the molecule is CCc1noc(C)c1C(=O)N1CCC[C@H](O)[C@@H]1Cc1ccccc1. The number of aliphatic hydroxyl groups is 1. The molecule has 1 N–H and O–H groups in total. The molecule has 2 aromatic rings. The van der Waals surface area contributed by atoms with Crippen molar-refractivity contribution in [2.45, 2.75) is 51.7 Å². The van der Waals surface area contributed by atoms with Gasteiger partial charge in [0.05, 0.1) is 17.8 Å². The minimum atomic E-state index is -0.506. The van der Waals surface area contributed by atoms with E-state index in [0.29, 0.717) is 36.4 Å². The van der Waals surface area contributed by atoms with Gasteiger partial charge in [0.1, 0.15) is 11.3 Å². The van der Waals surface area contributed by atoms with Crippen LogP contribution in [0.2, 0.25) is 0 Å². The molecule has 2 atom stereocenters. The topological polar surface area (TPSA) is 66.6 Å². The molecule has 0 bridgehead atoms. The fourth-order valence-electron chi connectivity index (χ4n) is 3.47. The highest BCUT2D eigenvalue weighted by atomic mass is 16.5. The van der Waals surface area contributed by atoms with Crippen LogP contribution in [-0.4, -0.2) is 39.8 Å². The molecule has 2 heterocycles. The van der Waals surface area contributed by atoms with Crippen LogP contribution in [-0.2, 0) is 12.8 Å². The Balaban J connectivity index is 1.88. The first kappa shape index (κ1) is 16.7. The highest BCUT2D eigenvalue weighted by Gasteiger charge is 2.36. The fourth-order valence-corrected chi connectivity index (χ4v) is 3.47. The summed E-state index contributed by atoms with van der Waals surface area (Å²) in [6, 6.07) is 9.79. The average Bonchev–Trinajstić information content (AvgIpc) is 2.98. The van der Waals surface area contributed by atoms with Crippen molar-refractivity contribution in [2.75, 3.05) is 6.54 Å². The Kier molecular flexibility index (Phi) is 5.00. The Bertz CT molecular complexity index is 696. The summed E-state index contributed by atoms with van der Waals surface area (Å²) < 4.78 is 5.22. The molecule has 1 aromatic carbocycles. The Labute approximate surface area is 142 Å². The van der Waals surface area contributed by atoms with E-state index < -0.39 is 6.10 Å². The number of benzene rings is 1. The monoisotopic (exact) mass is 328 g/mol. The molecule has 128 valence electrons. The van der Waals surface area contributed by atoms with Gasteiger partial charge in [0, 0.05) is 6.54 Å². The molecule has 1 aliphatic rings. The summed E-state index contributed by atoms with van der Waals surface area (Å²) in [6.45, 7) is 4.38. The molecule has 5 heteroatoms. The number of aryl methyl sites for hydroxylation is 2. The zero-order chi connectivity index (χ0) is 17.1. The maximum absolute atomic E-state index is 13.1. The predicted molar refractivity (Wildman–Crippen MR) is 90.8 cm³/mol. The van der Waals surface area contributed by atoms with Gasteiger partial charge in [0.2, 0.25) is 0 Å². The molecule has 1 saturated heterocycles. The van der Waals surface area contributed by atoms with E-state index in [1.165, 1.54) is 0 Å². The van der Waals surface area contributed by atoms with Crippen molar-refractivity contribution < 1.29 is 14.4 Å². The summed E-state index contributed by atoms with van der Waals surface area (Å²) in [5.41, 5.74) is 2.37. The van der Waals surface area contributed by atoms with Gasteiger partial charge in [0.15, 0.2) is 0 Å². The molecular formula is C19H24N2O3. The molecule has 1 aliphatic heterocycles. The number of carbonyl (C=O) groups excluding carboxylic acids is 1. The van der Waals surface area contributed by atoms with E-state index in [-0.39, 0.29) is 11.9 Å². The number of piperidine rings is 1. The van der Waals surface area contributed by atoms with Crippen LogP contribution in [0.25, 0.3) is 0 Å². The van der Waals surface area contributed by atoms with Gasteiger partial charge in [-0.3, -0.25) is 4.79 Å². The molecule has 0 aliphatic carbocycles. The predicted octanol–water partition coefficient (Wildman–Crippen LogP) is 2.75. The summed E-state index contributed by atoms with van der Waals surface area (Å²) in [5.74, 6) is 0.473. The third-order valence-corrected chi connectivity index (χ3v) is 4.77. The first-order valence-corrected chi connectivity index (χ1v) is 8.60. The number of aliphatic hydroxyl groups excluding tert-OH is 1. The number of hydrogen-bond donors (Lipinski definition) is 1. The first-order chi connectivity index (χ1) is 11.6. The second kappa shape index (κ2) is 7.18. The molecule has 0 unspecified atom stereocenters. The van der Waals surface area contributed by atoms with Gasteiger partial charge in [-0.25, -0.2) is 0 Å². The summed E-state index contributed by atoms with van der Waals surface area (Å²) in [4.78, 5) is 14.9. The number of aromatic nitrogens is 1. The van der Waals surface area contributed by atoms with E-state index in [4.69, 9.17) is 4.52 Å². The molecule has 0 radical (unpaired) electrons. The van der Waals surface area contributed by atoms with Crippen molar-refractivity contribution in [3.8, 4) is 0 Å². The summed E-state index contributed by atoms with van der Waals surface area (Å²) in [5, 5.41) is 14.5. The molecule has 1 fully saturated rings. The third kappa shape index (κ3) is 3.22. The quantitative estimate of drug-likeness (QED) is 0.937. The number of hydrogen-bond acceptors (Lipinski definition) is 4. The zero-order valence-corrected chi connectivity index (χ0v) is 14.2. The van der Waals surface area contributed by atoms with E-state index in [9.17, 15) is 9.90 Å². The molecule has 3 rings (SSSR count). The van der Waals surface area contributed by atoms with Gasteiger partial charge in [-0.15, -0.1) is 0 Å². The van der Waals surface area contributed by atoms with Gasteiger partial charge < -0.3 is 14.5 Å². The van der Waals surface area contributed by atoms with Crippen LogP contribution < -0.4 is 0 Å². The van der Waals surface area contributed by atoms with Crippen molar-refractivity contribution in [1.82, 2.24) is 10.1 Å². The molecule has 0 spiro atoms. The number of rotatable bonds is 4. The number of likely N-dealkylation sites (tertiary alicyclic amines) is 1. The smallest absolute Gasteiger partial charge is 0.259 e. The molecule has 24 heavy (non-hydrogen) atoms. The van der Waals surface area contributed by atoms with Crippen molar-refractivity contribution in [1.29, 1.82) is 0 Å². The zero-order valence-electron chi connectivity index (χ0n) is 14.2. The van der Waals surface area contributed by atoms with E-state index in [1.54, 1.807) is 11.8 Å². The minimum absolute atomic E-state index is 0.0784. The van der Waals surface area contributed by atoms with E-state index in [1.807, 2.05) is 37.3 Å². The average molecular weight is 328 g/mol. The van der Waals surface area contributed by atoms with Crippen molar-refractivity contribution in [3.05, 3.63) is 52.9 Å². The lowest BCUT2D eigenvalue weighted by Crippen LogP contribution is -2.52. The lowest BCUT2D eigenvalue weighted by molar-refractivity contribution is 0.0117. The van der Waals surface area contributed by atoms with Crippen LogP contribution in [0.4, 0.5) is 0 Å². The fraction of sp³-hybridized carbons (Fsp3) is 0.474. The van der Waals surface area contributed by atoms with E-state index in [2.05, 4.69) is 5.16 Å². The van der Waals surface area contributed by atoms with Crippen molar-refractivity contribution in [2.24, 2.45) is 0 Å². The van der Waals surface area contributed by atoms with Gasteiger partial charge in [-0.05, 0) is 38.2 Å². The minimum Gasteiger partial charge on any atom is -0.391 e. The summed E-state index contributed by atoms with van der Waals surface area (Å²) >= 11 is 0. The Morgan fingerprint density at radius 3 is 2.83 bits per heavy atom. The van der Waals surface area contributed by atoms with Crippen LogP contribution in [0.5, 0.6) is 0 Å². The number of carbonyl (C=O) groups is 1.